The molecule has 2 aromatic rings. The van der Waals surface area contributed by atoms with E-state index >= 15 is 0 Å². The summed E-state index contributed by atoms with van der Waals surface area (Å²) in [4.78, 5) is 32.9. The summed E-state index contributed by atoms with van der Waals surface area (Å²) in [5.74, 6) is 1.56. The summed E-state index contributed by atoms with van der Waals surface area (Å²) in [5.41, 5.74) is 1.76. The minimum absolute atomic E-state index is 0.00448. The van der Waals surface area contributed by atoms with Gasteiger partial charge in [0, 0.05) is 31.5 Å². The van der Waals surface area contributed by atoms with Crippen LogP contribution in [0.3, 0.4) is 0 Å². The monoisotopic (exact) mass is 353 g/mol. The molecule has 136 valence electrons. The number of nitrogens with zero attached hydrogens (tertiary/aromatic N) is 3. The highest BCUT2D eigenvalue weighted by Crippen LogP contribution is 2.26. The predicted octanol–water partition coefficient (Wildman–Crippen LogP) is 2.63. The molecule has 2 amide bonds. The molecule has 2 aliphatic rings. The minimum atomic E-state index is -0.00448. The molecule has 0 spiro atoms. The van der Waals surface area contributed by atoms with Gasteiger partial charge in [-0.2, -0.15) is 0 Å². The van der Waals surface area contributed by atoms with Crippen molar-refractivity contribution in [3.8, 4) is 11.5 Å². The van der Waals surface area contributed by atoms with E-state index in [1.54, 1.807) is 9.80 Å². The SMILES string of the molecule is O=C1CCCCCN1CC(=O)N1CCc2oc(-c3ccccc3)nc2C1. The second kappa shape index (κ2) is 7.32. The van der Waals surface area contributed by atoms with Crippen molar-refractivity contribution in [2.75, 3.05) is 19.6 Å². The second-order valence-corrected chi connectivity index (χ2v) is 6.95. The summed E-state index contributed by atoms with van der Waals surface area (Å²) in [6.07, 6.45) is 4.19. The first-order valence-corrected chi connectivity index (χ1v) is 9.30. The van der Waals surface area contributed by atoms with Crippen molar-refractivity contribution >= 4 is 11.8 Å². The molecule has 6 nitrogen and oxygen atoms in total. The van der Waals surface area contributed by atoms with Gasteiger partial charge >= 0.3 is 0 Å². The molecule has 4 rings (SSSR count). The van der Waals surface area contributed by atoms with Crippen molar-refractivity contribution in [2.45, 2.75) is 38.6 Å². The number of fused-ring (bicyclic) bond motifs is 1. The Morgan fingerprint density at radius 1 is 1.08 bits per heavy atom. The average Bonchev–Trinajstić information content (AvgIpc) is 3.00. The van der Waals surface area contributed by atoms with E-state index in [1.165, 1.54) is 0 Å². The molecule has 26 heavy (non-hydrogen) atoms. The third kappa shape index (κ3) is 3.49. The molecule has 0 bridgehead atoms. The topological polar surface area (TPSA) is 66.7 Å². The lowest BCUT2D eigenvalue weighted by Gasteiger charge is -2.28. The molecule has 0 radical (unpaired) electrons. The number of aromatic nitrogens is 1. The Bertz CT molecular complexity index is 800. The molecule has 0 aliphatic carbocycles. The Morgan fingerprint density at radius 2 is 1.92 bits per heavy atom. The van der Waals surface area contributed by atoms with Crippen LogP contribution >= 0.6 is 0 Å². The van der Waals surface area contributed by atoms with Gasteiger partial charge < -0.3 is 14.2 Å². The molecule has 1 fully saturated rings. The summed E-state index contributed by atoms with van der Waals surface area (Å²) in [5, 5.41) is 0. The van der Waals surface area contributed by atoms with Gasteiger partial charge in [-0.25, -0.2) is 4.98 Å². The maximum Gasteiger partial charge on any atom is 0.242 e. The lowest BCUT2D eigenvalue weighted by molar-refractivity contribution is -0.140. The fraction of sp³-hybridized carbons (Fsp3) is 0.450. The van der Waals surface area contributed by atoms with Crippen LogP contribution in [0, 0.1) is 0 Å². The fourth-order valence-corrected chi connectivity index (χ4v) is 3.58. The first-order valence-electron chi connectivity index (χ1n) is 9.30. The van der Waals surface area contributed by atoms with Gasteiger partial charge in [0.05, 0.1) is 13.1 Å². The number of carbonyl (C=O) groups excluding carboxylic acids is 2. The first kappa shape index (κ1) is 16.8. The number of likely N-dealkylation sites (tertiary alicyclic amines) is 1. The Balaban J connectivity index is 1.44. The quantitative estimate of drug-likeness (QED) is 0.851. The van der Waals surface area contributed by atoms with Gasteiger partial charge in [-0.05, 0) is 25.0 Å². The van der Waals surface area contributed by atoms with Gasteiger partial charge in [-0.15, -0.1) is 0 Å². The van der Waals surface area contributed by atoms with E-state index in [0.29, 0.717) is 38.4 Å². The van der Waals surface area contributed by atoms with E-state index in [4.69, 9.17) is 4.42 Å². The zero-order valence-electron chi connectivity index (χ0n) is 14.8. The molecule has 3 heterocycles. The Labute approximate surface area is 152 Å². The van der Waals surface area contributed by atoms with Gasteiger partial charge in [0.25, 0.3) is 0 Å². The number of hydrogen-bond acceptors (Lipinski definition) is 4. The van der Waals surface area contributed by atoms with E-state index in [2.05, 4.69) is 4.98 Å². The van der Waals surface area contributed by atoms with Crippen molar-refractivity contribution in [3.05, 3.63) is 41.8 Å². The normalized spacial score (nSPS) is 17.8. The van der Waals surface area contributed by atoms with Gasteiger partial charge in [-0.1, -0.05) is 24.6 Å². The number of benzene rings is 1. The van der Waals surface area contributed by atoms with Crippen LogP contribution in [0.1, 0.15) is 37.1 Å². The number of rotatable bonds is 3. The van der Waals surface area contributed by atoms with Crippen LogP contribution in [0.4, 0.5) is 0 Å². The van der Waals surface area contributed by atoms with Gasteiger partial charge in [0.1, 0.15) is 11.5 Å². The zero-order valence-corrected chi connectivity index (χ0v) is 14.8. The summed E-state index contributed by atoms with van der Waals surface area (Å²) in [7, 11) is 0. The number of oxazole rings is 1. The zero-order chi connectivity index (χ0) is 17.9. The van der Waals surface area contributed by atoms with Crippen molar-refractivity contribution < 1.29 is 14.0 Å². The number of hydrogen-bond donors (Lipinski definition) is 0. The highest BCUT2D eigenvalue weighted by molar-refractivity contribution is 5.85. The lowest BCUT2D eigenvalue weighted by atomic mass is 10.1. The summed E-state index contributed by atoms with van der Waals surface area (Å²) in [6, 6.07) is 9.78. The standard InChI is InChI=1S/C20H23N3O3/c24-18-9-5-2-6-11-22(18)14-19(25)23-12-10-17-16(13-23)21-20(26-17)15-7-3-1-4-8-15/h1,3-4,7-8H,2,5-6,9-14H2. The second-order valence-electron chi connectivity index (χ2n) is 6.95. The van der Waals surface area contributed by atoms with Gasteiger partial charge in [0.15, 0.2) is 0 Å². The predicted molar refractivity (Wildman–Crippen MR) is 96.1 cm³/mol. The van der Waals surface area contributed by atoms with Crippen LogP contribution in [0.25, 0.3) is 11.5 Å². The molecule has 0 saturated carbocycles. The Morgan fingerprint density at radius 3 is 2.77 bits per heavy atom. The third-order valence-electron chi connectivity index (χ3n) is 5.10. The van der Waals surface area contributed by atoms with Crippen molar-refractivity contribution in [1.29, 1.82) is 0 Å². The molecule has 2 aliphatic heterocycles. The van der Waals surface area contributed by atoms with Crippen LogP contribution in [0.15, 0.2) is 34.7 Å². The van der Waals surface area contributed by atoms with E-state index < -0.39 is 0 Å². The van der Waals surface area contributed by atoms with Crippen LogP contribution in [0.2, 0.25) is 0 Å². The maximum atomic E-state index is 12.7. The Hall–Kier alpha value is -2.63. The smallest absolute Gasteiger partial charge is 0.242 e. The van der Waals surface area contributed by atoms with Crippen molar-refractivity contribution in [3.63, 3.8) is 0 Å². The Kier molecular flexibility index (Phi) is 4.73. The van der Waals surface area contributed by atoms with E-state index in [1.807, 2.05) is 30.3 Å². The van der Waals surface area contributed by atoms with Gasteiger partial charge in [-0.3, -0.25) is 9.59 Å². The van der Waals surface area contributed by atoms with Gasteiger partial charge in [0.2, 0.25) is 17.7 Å². The largest absolute Gasteiger partial charge is 0.441 e. The highest BCUT2D eigenvalue weighted by atomic mass is 16.4. The molecular formula is C20H23N3O3. The summed E-state index contributed by atoms with van der Waals surface area (Å²) < 4.78 is 5.89. The molecule has 1 aromatic carbocycles. The van der Waals surface area contributed by atoms with Crippen LogP contribution in [-0.4, -0.2) is 46.2 Å². The molecule has 0 unspecified atom stereocenters. The first-order chi connectivity index (χ1) is 12.7. The molecule has 1 aromatic heterocycles. The molecule has 0 atom stereocenters. The molecule has 0 N–H and O–H groups in total. The summed E-state index contributed by atoms with van der Waals surface area (Å²) >= 11 is 0. The van der Waals surface area contributed by atoms with E-state index in [9.17, 15) is 9.59 Å². The van der Waals surface area contributed by atoms with Crippen molar-refractivity contribution in [2.24, 2.45) is 0 Å². The van der Waals surface area contributed by atoms with Crippen LogP contribution < -0.4 is 0 Å². The van der Waals surface area contributed by atoms with Crippen LogP contribution in [-0.2, 0) is 22.6 Å². The third-order valence-corrected chi connectivity index (χ3v) is 5.10. The lowest BCUT2D eigenvalue weighted by Crippen LogP contribution is -2.44. The van der Waals surface area contributed by atoms with Crippen molar-refractivity contribution in [1.82, 2.24) is 14.8 Å². The highest BCUT2D eigenvalue weighted by Gasteiger charge is 2.28. The molecule has 6 heteroatoms. The molecular weight excluding hydrogens is 330 g/mol. The average molecular weight is 353 g/mol. The van der Waals surface area contributed by atoms with Crippen LogP contribution in [0.5, 0.6) is 0 Å². The fourth-order valence-electron chi connectivity index (χ4n) is 3.58. The number of carbonyl (C=O) groups is 2. The maximum absolute atomic E-state index is 12.7. The van der Waals surface area contributed by atoms with E-state index in [0.717, 1.165) is 36.3 Å². The summed E-state index contributed by atoms with van der Waals surface area (Å²) in [6.45, 7) is 1.92. The van der Waals surface area contributed by atoms with E-state index in [-0.39, 0.29) is 18.4 Å². The number of amides is 2. The molecule has 1 saturated heterocycles. The minimum Gasteiger partial charge on any atom is -0.441 e.